The summed E-state index contributed by atoms with van der Waals surface area (Å²) in [5, 5.41) is 3.99. The summed E-state index contributed by atoms with van der Waals surface area (Å²) in [5.74, 6) is 0.195. The molecule has 0 aliphatic heterocycles. The minimum atomic E-state index is -0.274. The molecule has 3 aromatic carbocycles. The smallest absolute Gasteiger partial charge is 0.244 e. The number of hydrogen-bond donors (Lipinski definition) is 1. The summed E-state index contributed by atoms with van der Waals surface area (Å²) in [6.45, 7) is 0.338. The number of nitrogens with zero attached hydrogens (tertiary/aromatic N) is 1. The second-order valence-electron chi connectivity index (χ2n) is 6.08. The lowest BCUT2D eigenvalue weighted by atomic mass is 10.1. The van der Waals surface area contributed by atoms with E-state index in [0.717, 1.165) is 21.2 Å². The molecule has 0 fully saturated rings. The molecule has 0 unspecified atom stereocenters. The van der Waals surface area contributed by atoms with Gasteiger partial charge in [-0.2, -0.15) is 5.10 Å². The Hall–Kier alpha value is -2.99. The number of amides is 1. The van der Waals surface area contributed by atoms with E-state index >= 15 is 0 Å². The van der Waals surface area contributed by atoms with Gasteiger partial charge in [0.25, 0.3) is 0 Å². The number of rotatable bonds is 7. The zero-order valence-electron chi connectivity index (χ0n) is 14.9. The van der Waals surface area contributed by atoms with E-state index in [2.05, 4.69) is 26.5 Å². The number of nitrogens with one attached hydrogen (secondary N) is 1. The Morgan fingerprint density at radius 2 is 1.75 bits per heavy atom. The molecule has 3 rings (SSSR count). The summed E-state index contributed by atoms with van der Waals surface area (Å²) >= 11 is 3.36. The predicted octanol–water partition coefficient (Wildman–Crippen LogP) is 4.86. The second-order valence-corrected chi connectivity index (χ2v) is 7.00. The molecule has 1 N–H and O–H groups in total. The fourth-order valence-electron chi connectivity index (χ4n) is 2.44. The van der Waals surface area contributed by atoms with Crippen LogP contribution in [0.2, 0.25) is 0 Å². The number of hydrazone groups is 1. The summed E-state index contributed by atoms with van der Waals surface area (Å²) in [5.41, 5.74) is 5.10. The summed E-state index contributed by atoms with van der Waals surface area (Å²) < 4.78 is 19.6. The molecule has 0 atom stereocenters. The molecule has 0 saturated carbocycles. The number of benzene rings is 3. The molecule has 4 nitrogen and oxygen atoms in total. The van der Waals surface area contributed by atoms with Crippen molar-refractivity contribution in [2.24, 2.45) is 5.10 Å². The van der Waals surface area contributed by atoms with Crippen LogP contribution in [0.15, 0.2) is 82.4 Å². The van der Waals surface area contributed by atoms with Gasteiger partial charge in [0.05, 0.1) is 12.6 Å². The molecular formula is C22H18BrFN2O2. The van der Waals surface area contributed by atoms with Crippen molar-refractivity contribution in [1.82, 2.24) is 5.43 Å². The Labute approximate surface area is 171 Å². The van der Waals surface area contributed by atoms with Crippen LogP contribution in [0.1, 0.15) is 16.7 Å². The van der Waals surface area contributed by atoms with E-state index in [4.69, 9.17) is 4.74 Å². The lowest BCUT2D eigenvalue weighted by Crippen LogP contribution is -2.19. The number of carbonyl (C=O) groups excluding carboxylic acids is 1. The zero-order valence-corrected chi connectivity index (χ0v) is 16.5. The summed E-state index contributed by atoms with van der Waals surface area (Å²) in [6, 6.07) is 21.1. The maximum Gasteiger partial charge on any atom is 0.244 e. The van der Waals surface area contributed by atoms with Gasteiger partial charge in [-0.25, -0.2) is 9.82 Å². The molecule has 6 heteroatoms. The van der Waals surface area contributed by atoms with Gasteiger partial charge in [-0.15, -0.1) is 0 Å². The van der Waals surface area contributed by atoms with Gasteiger partial charge in [-0.05, 0) is 53.1 Å². The minimum absolute atomic E-state index is 0.192. The third-order valence-corrected chi connectivity index (χ3v) is 4.39. The minimum Gasteiger partial charge on any atom is -0.489 e. The van der Waals surface area contributed by atoms with Crippen LogP contribution in [0.3, 0.4) is 0 Å². The van der Waals surface area contributed by atoms with Crippen LogP contribution in [0.25, 0.3) is 0 Å². The van der Waals surface area contributed by atoms with Gasteiger partial charge in [-0.1, -0.05) is 52.3 Å². The van der Waals surface area contributed by atoms with Gasteiger partial charge in [0.1, 0.15) is 18.2 Å². The van der Waals surface area contributed by atoms with Crippen LogP contribution in [-0.2, 0) is 17.8 Å². The van der Waals surface area contributed by atoms with Gasteiger partial charge >= 0.3 is 0 Å². The standard InChI is InChI=1S/C22H18BrFN2O2/c23-19-8-4-16(5-9-19)13-22(27)26-25-14-18-2-1-3-21(12-18)28-15-17-6-10-20(24)11-7-17/h1-12,14H,13,15H2,(H,26,27)/b25-14+. The van der Waals surface area contributed by atoms with E-state index in [1.54, 1.807) is 18.3 Å². The highest BCUT2D eigenvalue weighted by atomic mass is 79.9. The number of ether oxygens (including phenoxy) is 1. The Kier molecular flexibility index (Phi) is 6.92. The van der Waals surface area contributed by atoms with Crippen LogP contribution >= 0.6 is 15.9 Å². The molecule has 142 valence electrons. The molecule has 0 aromatic heterocycles. The molecule has 1 amide bonds. The third-order valence-electron chi connectivity index (χ3n) is 3.86. The number of halogens is 2. The molecule has 0 aliphatic rings. The fourth-order valence-corrected chi connectivity index (χ4v) is 2.70. The first-order valence-electron chi connectivity index (χ1n) is 8.62. The van der Waals surface area contributed by atoms with Crippen molar-refractivity contribution in [3.05, 3.63) is 99.8 Å². The highest BCUT2D eigenvalue weighted by Gasteiger charge is 2.02. The first-order valence-corrected chi connectivity index (χ1v) is 9.41. The zero-order chi connectivity index (χ0) is 19.8. The summed E-state index contributed by atoms with van der Waals surface area (Å²) in [4.78, 5) is 11.9. The van der Waals surface area contributed by atoms with Crippen LogP contribution in [-0.4, -0.2) is 12.1 Å². The Bertz CT molecular complexity index is 957. The monoisotopic (exact) mass is 440 g/mol. The van der Waals surface area contributed by atoms with Crippen molar-refractivity contribution in [3.8, 4) is 5.75 Å². The first-order chi connectivity index (χ1) is 13.6. The maximum absolute atomic E-state index is 12.9. The fraction of sp³-hybridized carbons (Fsp3) is 0.0909. The van der Waals surface area contributed by atoms with Crippen molar-refractivity contribution in [2.75, 3.05) is 0 Å². The van der Waals surface area contributed by atoms with Crippen molar-refractivity contribution >= 4 is 28.1 Å². The van der Waals surface area contributed by atoms with Crippen LogP contribution in [0, 0.1) is 5.82 Å². The first kappa shape index (κ1) is 19.8. The highest BCUT2D eigenvalue weighted by Crippen LogP contribution is 2.15. The molecule has 0 radical (unpaired) electrons. The van der Waals surface area contributed by atoms with Crippen LogP contribution in [0.4, 0.5) is 4.39 Å². The average Bonchev–Trinajstić information content (AvgIpc) is 2.70. The van der Waals surface area contributed by atoms with Crippen LogP contribution in [0.5, 0.6) is 5.75 Å². The van der Waals surface area contributed by atoms with Gasteiger partial charge < -0.3 is 4.74 Å². The lowest BCUT2D eigenvalue weighted by molar-refractivity contribution is -0.120. The Morgan fingerprint density at radius 3 is 2.50 bits per heavy atom. The van der Waals surface area contributed by atoms with E-state index in [1.165, 1.54) is 12.1 Å². The van der Waals surface area contributed by atoms with Gasteiger partial charge in [0.2, 0.25) is 5.91 Å². The number of hydrogen-bond acceptors (Lipinski definition) is 3. The molecule has 28 heavy (non-hydrogen) atoms. The van der Waals surface area contributed by atoms with E-state index in [1.807, 2.05) is 48.5 Å². The Balaban J connectivity index is 1.51. The Morgan fingerprint density at radius 1 is 1.04 bits per heavy atom. The van der Waals surface area contributed by atoms with E-state index in [0.29, 0.717) is 12.4 Å². The third kappa shape index (κ3) is 6.32. The van der Waals surface area contributed by atoms with E-state index in [9.17, 15) is 9.18 Å². The molecular weight excluding hydrogens is 423 g/mol. The normalized spacial score (nSPS) is 10.8. The average molecular weight is 441 g/mol. The summed E-state index contributed by atoms with van der Waals surface area (Å²) in [7, 11) is 0. The molecule has 0 aliphatic carbocycles. The highest BCUT2D eigenvalue weighted by molar-refractivity contribution is 9.10. The van der Waals surface area contributed by atoms with Gasteiger partial charge in [0, 0.05) is 4.47 Å². The predicted molar refractivity (Wildman–Crippen MR) is 111 cm³/mol. The largest absolute Gasteiger partial charge is 0.489 e. The van der Waals surface area contributed by atoms with Crippen molar-refractivity contribution in [3.63, 3.8) is 0 Å². The SMILES string of the molecule is O=C(Cc1ccc(Br)cc1)N/N=C/c1cccc(OCc2ccc(F)cc2)c1. The lowest BCUT2D eigenvalue weighted by Gasteiger charge is -2.07. The maximum atomic E-state index is 12.9. The van der Waals surface area contributed by atoms with Crippen molar-refractivity contribution < 1.29 is 13.9 Å². The van der Waals surface area contributed by atoms with Crippen LogP contribution < -0.4 is 10.2 Å². The summed E-state index contributed by atoms with van der Waals surface area (Å²) in [6.07, 6.45) is 1.82. The van der Waals surface area contributed by atoms with Crippen molar-refractivity contribution in [1.29, 1.82) is 0 Å². The molecule has 3 aromatic rings. The van der Waals surface area contributed by atoms with E-state index in [-0.39, 0.29) is 18.1 Å². The second kappa shape index (κ2) is 9.80. The van der Waals surface area contributed by atoms with E-state index < -0.39 is 0 Å². The van der Waals surface area contributed by atoms with Crippen molar-refractivity contribution in [2.45, 2.75) is 13.0 Å². The van der Waals surface area contributed by atoms with Gasteiger partial charge in [0.15, 0.2) is 0 Å². The molecule has 0 spiro atoms. The topological polar surface area (TPSA) is 50.7 Å². The molecule has 0 heterocycles. The molecule has 0 saturated heterocycles. The number of carbonyl (C=O) groups is 1. The quantitative estimate of drug-likeness (QED) is 0.421. The molecule has 0 bridgehead atoms. The van der Waals surface area contributed by atoms with Gasteiger partial charge in [-0.3, -0.25) is 4.79 Å².